The molecular weight excluding hydrogens is 685 g/mol. The Balaban J connectivity index is 1.08. The van der Waals surface area contributed by atoms with E-state index in [4.69, 9.17) is 0 Å². The normalized spacial score (nSPS) is 16.1. The van der Waals surface area contributed by atoms with E-state index in [0.717, 1.165) is 32.1 Å². The van der Waals surface area contributed by atoms with E-state index in [-0.39, 0.29) is 5.92 Å². The van der Waals surface area contributed by atoms with Gasteiger partial charge in [0.1, 0.15) is 0 Å². The summed E-state index contributed by atoms with van der Waals surface area (Å²) < 4.78 is 0. The molecule has 0 aliphatic heterocycles. The van der Waals surface area contributed by atoms with E-state index in [1.165, 1.54) is 99.5 Å². The van der Waals surface area contributed by atoms with Gasteiger partial charge in [0.05, 0.1) is 0 Å². The van der Waals surface area contributed by atoms with E-state index >= 15 is 0 Å². The van der Waals surface area contributed by atoms with Crippen LogP contribution in [0.2, 0.25) is 0 Å². The van der Waals surface area contributed by atoms with Gasteiger partial charge in [0.2, 0.25) is 0 Å². The lowest BCUT2D eigenvalue weighted by atomic mass is 9.80. The van der Waals surface area contributed by atoms with E-state index in [2.05, 4.69) is 201 Å². The number of aryl methyl sites for hydroxylation is 1. The number of hydrogen-bond acceptors (Lipinski definition) is 0. The summed E-state index contributed by atoms with van der Waals surface area (Å²) >= 11 is 0. The van der Waals surface area contributed by atoms with Crippen LogP contribution in [0, 0.1) is 0 Å². The molecule has 0 saturated carbocycles. The maximum absolute atomic E-state index is 2.43. The molecular formula is C57H46. The third-order valence-corrected chi connectivity index (χ3v) is 12.3. The third-order valence-electron chi connectivity index (χ3n) is 12.3. The van der Waals surface area contributed by atoms with Gasteiger partial charge in [-0.2, -0.15) is 0 Å². The SMILES string of the molecule is CC(c1ccc(-c2c3ccccc3c(-c3ccccc3-c3ccc4c(c3)C=CCC4)c3ccccc23)cc1)c1ccccc1/C(C1=CCCC=C1)=C1/C=CC=CC1. The van der Waals surface area contributed by atoms with E-state index < -0.39 is 0 Å². The van der Waals surface area contributed by atoms with Crippen molar-refractivity contribution in [1.29, 1.82) is 0 Å². The third kappa shape index (κ3) is 6.46. The lowest BCUT2D eigenvalue weighted by Gasteiger charge is -2.23. The Morgan fingerprint density at radius 2 is 1.19 bits per heavy atom. The molecule has 1 unspecified atom stereocenters. The Kier molecular flexibility index (Phi) is 9.33. The molecule has 0 N–H and O–H groups in total. The van der Waals surface area contributed by atoms with Gasteiger partial charge in [0.25, 0.3) is 0 Å². The second-order valence-corrected chi connectivity index (χ2v) is 15.7. The summed E-state index contributed by atoms with van der Waals surface area (Å²) in [6.45, 7) is 2.37. The summed E-state index contributed by atoms with van der Waals surface area (Å²) in [6.07, 6.45) is 26.0. The number of hydrogen-bond donors (Lipinski definition) is 0. The van der Waals surface area contributed by atoms with Gasteiger partial charge in [-0.15, -0.1) is 0 Å². The maximum Gasteiger partial charge on any atom is 0.00671 e. The predicted octanol–water partition coefficient (Wildman–Crippen LogP) is 15.7. The standard InChI is InChI=1S/C57H46/c1-39(47-24-10-12-26-49(47)55(42-19-4-2-5-20-42)43-21-6-3-7-22-43)40-32-35-44(36-33-40)56-51-28-14-16-30-53(51)57(54-31-17-15-29-52(54)56)50-27-13-11-25-48(50)46-37-34-41-18-8-9-23-45(41)38-46/h2,4-6,9-17,19,21-39H,3,7-8,18,20H2,1H3/b55-42-. The van der Waals surface area contributed by atoms with Crippen LogP contribution in [0.15, 0.2) is 199 Å². The van der Waals surface area contributed by atoms with Gasteiger partial charge in [-0.25, -0.2) is 0 Å². The van der Waals surface area contributed by atoms with Crippen LogP contribution in [0.3, 0.4) is 0 Å². The fourth-order valence-electron chi connectivity index (χ4n) is 9.51. The molecule has 0 radical (unpaired) electrons. The number of rotatable bonds is 7. The summed E-state index contributed by atoms with van der Waals surface area (Å²) in [4.78, 5) is 0. The van der Waals surface area contributed by atoms with Crippen LogP contribution in [-0.4, -0.2) is 0 Å². The highest BCUT2D eigenvalue weighted by molar-refractivity contribution is 6.22. The molecule has 3 aliphatic rings. The molecule has 0 aromatic heterocycles. The van der Waals surface area contributed by atoms with E-state index in [0.29, 0.717) is 0 Å². The summed E-state index contributed by atoms with van der Waals surface area (Å²) in [6, 6.07) is 52.6. The molecule has 3 aliphatic carbocycles. The molecule has 0 spiro atoms. The molecule has 7 aromatic rings. The number of allylic oxidation sites excluding steroid dienone is 11. The zero-order valence-electron chi connectivity index (χ0n) is 32.6. The molecule has 10 rings (SSSR count). The topological polar surface area (TPSA) is 0 Å². The molecule has 1 atom stereocenters. The minimum absolute atomic E-state index is 0.216. The van der Waals surface area contributed by atoms with Gasteiger partial charge in [-0.1, -0.05) is 195 Å². The second kappa shape index (κ2) is 15.2. The average Bonchev–Trinajstić information content (AvgIpc) is 3.29. The summed E-state index contributed by atoms with van der Waals surface area (Å²) in [5.74, 6) is 0.216. The van der Waals surface area contributed by atoms with Gasteiger partial charge in [-0.05, 0) is 138 Å². The first-order valence-electron chi connectivity index (χ1n) is 20.7. The van der Waals surface area contributed by atoms with Crippen molar-refractivity contribution < 1.29 is 0 Å². The first-order valence-corrected chi connectivity index (χ1v) is 20.7. The monoisotopic (exact) mass is 730 g/mol. The van der Waals surface area contributed by atoms with Gasteiger partial charge in [-0.3, -0.25) is 0 Å². The molecule has 274 valence electrons. The summed E-state index contributed by atoms with van der Waals surface area (Å²) in [5, 5.41) is 5.11. The smallest absolute Gasteiger partial charge is 0.00671 e. The number of benzene rings is 7. The van der Waals surface area contributed by atoms with E-state index in [1.807, 2.05) is 0 Å². The van der Waals surface area contributed by atoms with Crippen molar-refractivity contribution in [2.45, 2.75) is 44.9 Å². The largest absolute Gasteiger partial charge is 0.0836 e. The molecule has 57 heavy (non-hydrogen) atoms. The zero-order valence-corrected chi connectivity index (χ0v) is 32.6. The van der Waals surface area contributed by atoms with Crippen LogP contribution >= 0.6 is 0 Å². The lowest BCUT2D eigenvalue weighted by Crippen LogP contribution is -2.04. The van der Waals surface area contributed by atoms with Crippen LogP contribution in [0.25, 0.3) is 66.6 Å². The molecule has 0 amide bonds. The minimum atomic E-state index is 0.216. The van der Waals surface area contributed by atoms with Crippen molar-refractivity contribution in [2.24, 2.45) is 0 Å². The first kappa shape index (κ1) is 35.0. The quantitative estimate of drug-likeness (QED) is 0.143. The van der Waals surface area contributed by atoms with Gasteiger partial charge in [0.15, 0.2) is 0 Å². The molecule has 0 nitrogen and oxygen atoms in total. The lowest BCUT2D eigenvalue weighted by molar-refractivity contribution is 0.917. The molecule has 0 saturated heterocycles. The fraction of sp³-hybridized carbons (Fsp3) is 0.123. The Morgan fingerprint density at radius 3 is 1.91 bits per heavy atom. The fourth-order valence-corrected chi connectivity index (χ4v) is 9.51. The number of fused-ring (bicyclic) bond motifs is 3. The van der Waals surface area contributed by atoms with Crippen LogP contribution in [0.5, 0.6) is 0 Å². The molecule has 0 fully saturated rings. The predicted molar refractivity (Wildman–Crippen MR) is 245 cm³/mol. The van der Waals surface area contributed by atoms with Crippen molar-refractivity contribution in [3.8, 4) is 33.4 Å². The maximum atomic E-state index is 2.43. The van der Waals surface area contributed by atoms with Crippen LogP contribution < -0.4 is 0 Å². The van der Waals surface area contributed by atoms with Crippen LogP contribution in [-0.2, 0) is 6.42 Å². The van der Waals surface area contributed by atoms with Crippen molar-refractivity contribution >= 4 is 33.2 Å². The molecule has 0 heteroatoms. The summed E-state index contributed by atoms with van der Waals surface area (Å²) in [7, 11) is 0. The Labute approximate surface area is 337 Å². The zero-order chi connectivity index (χ0) is 38.1. The summed E-state index contributed by atoms with van der Waals surface area (Å²) in [5.41, 5.74) is 18.5. The van der Waals surface area contributed by atoms with Crippen molar-refractivity contribution in [1.82, 2.24) is 0 Å². The minimum Gasteiger partial charge on any atom is -0.0836 e. The molecule has 7 aromatic carbocycles. The molecule has 0 heterocycles. The van der Waals surface area contributed by atoms with Crippen LogP contribution in [0.1, 0.15) is 66.3 Å². The first-order chi connectivity index (χ1) is 28.2. The Hall–Kier alpha value is -6.50. The Bertz CT molecular complexity index is 2810. The van der Waals surface area contributed by atoms with E-state index in [1.54, 1.807) is 0 Å². The second-order valence-electron chi connectivity index (χ2n) is 15.7. The van der Waals surface area contributed by atoms with Gasteiger partial charge in [0, 0.05) is 5.92 Å². The van der Waals surface area contributed by atoms with Crippen LogP contribution in [0.4, 0.5) is 0 Å². The van der Waals surface area contributed by atoms with Crippen molar-refractivity contribution in [2.75, 3.05) is 0 Å². The van der Waals surface area contributed by atoms with Gasteiger partial charge < -0.3 is 0 Å². The average molecular weight is 731 g/mol. The van der Waals surface area contributed by atoms with Crippen molar-refractivity contribution in [3.63, 3.8) is 0 Å². The van der Waals surface area contributed by atoms with E-state index in [9.17, 15) is 0 Å². The highest BCUT2D eigenvalue weighted by atomic mass is 14.3. The van der Waals surface area contributed by atoms with Crippen molar-refractivity contribution in [3.05, 3.63) is 227 Å². The Morgan fingerprint density at radius 1 is 0.526 bits per heavy atom. The highest BCUT2D eigenvalue weighted by Crippen LogP contribution is 2.47. The molecule has 0 bridgehead atoms. The van der Waals surface area contributed by atoms with Gasteiger partial charge >= 0.3 is 0 Å². The highest BCUT2D eigenvalue weighted by Gasteiger charge is 2.22.